The van der Waals surface area contributed by atoms with E-state index in [0.29, 0.717) is 9.37 Å². The van der Waals surface area contributed by atoms with E-state index in [1.165, 1.54) is 6.42 Å². The Balaban J connectivity index is 2.36. The van der Waals surface area contributed by atoms with Gasteiger partial charge in [-0.15, -0.1) is 0 Å². The highest BCUT2D eigenvalue weighted by Crippen LogP contribution is 2.33. The van der Waals surface area contributed by atoms with Gasteiger partial charge >= 0.3 is 0 Å². The fourth-order valence-corrected chi connectivity index (χ4v) is 5.67. The standard InChI is InChI=1S/C14H19Br2NO2S/c1-10-8-13(16)14(9-12(10)15)20(18,19)17(2)11-6-4-3-5-7-11/h8-9,11H,3-7H2,1-2H3. The Morgan fingerprint density at radius 2 is 1.70 bits per heavy atom. The van der Waals surface area contributed by atoms with Gasteiger partial charge in [-0.25, -0.2) is 8.42 Å². The predicted molar refractivity (Wildman–Crippen MR) is 88.4 cm³/mol. The highest BCUT2D eigenvalue weighted by atomic mass is 79.9. The zero-order chi connectivity index (χ0) is 14.9. The van der Waals surface area contributed by atoms with Gasteiger partial charge in [0.05, 0.1) is 4.90 Å². The molecule has 1 aromatic carbocycles. The molecule has 0 radical (unpaired) electrons. The molecule has 0 atom stereocenters. The highest BCUT2D eigenvalue weighted by Gasteiger charge is 2.30. The van der Waals surface area contributed by atoms with Crippen LogP contribution in [0.1, 0.15) is 37.7 Å². The number of hydrogen-bond acceptors (Lipinski definition) is 2. The Hall–Kier alpha value is 0.0900. The molecule has 112 valence electrons. The van der Waals surface area contributed by atoms with Crippen molar-refractivity contribution in [2.75, 3.05) is 7.05 Å². The van der Waals surface area contributed by atoms with Crippen molar-refractivity contribution in [3.05, 3.63) is 26.6 Å². The van der Waals surface area contributed by atoms with Gasteiger partial charge in [-0.1, -0.05) is 35.2 Å². The monoisotopic (exact) mass is 423 g/mol. The molecule has 0 N–H and O–H groups in total. The van der Waals surface area contributed by atoms with E-state index >= 15 is 0 Å². The lowest BCUT2D eigenvalue weighted by Crippen LogP contribution is -2.38. The molecular formula is C14H19Br2NO2S. The molecule has 0 unspecified atom stereocenters. The van der Waals surface area contributed by atoms with Gasteiger partial charge in [0.2, 0.25) is 10.0 Å². The van der Waals surface area contributed by atoms with Crippen LogP contribution in [-0.2, 0) is 10.0 Å². The van der Waals surface area contributed by atoms with Gasteiger partial charge in [-0.2, -0.15) is 4.31 Å². The summed E-state index contributed by atoms with van der Waals surface area (Å²) in [6, 6.07) is 3.65. The maximum atomic E-state index is 12.8. The summed E-state index contributed by atoms with van der Waals surface area (Å²) in [6.07, 6.45) is 5.36. The second kappa shape index (κ2) is 6.46. The molecule has 0 saturated heterocycles. The normalized spacial score (nSPS) is 17.6. The molecule has 1 aromatic rings. The average molecular weight is 425 g/mol. The van der Waals surface area contributed by atoms with Crippen LogP contribution in [0.2, 0.25) is 0 Å². The highest BCUT2D eigenvalue weighted by molar-refractivity contribution is 9.11. The minimum Gasteiger partial charge on any atom is -0.207 e. The lowest BCUT2D eigenvalue weighted by atomic mass is 9.96. The summed E-state index contributed by atoms with van der Waals surface area (Å²) < 4.78 is 28.6. The molecule has 0 spiro atoms. The van der Waals surface area contributed by atoms with Crippen molar-refractivity contribution in [1.82, 2.24) is 4.31 Å². The van der Waals surface area contributed by atoms with Crippen molar-refractivity contribution in [2.24, 2.45) is 0 Å². The van der Waals surface area contributed by atoms with Crippen molar-refractivity contribution in [3.8, 4) is 0 Å². The van der Waals surface area contributed by atoms with E-state index in [9.17, 15) is 8.42 Å². The average Bonchev–Trinajstić information content (AvgIpc) is 2.42. The minimum absolute atomic E-state index is 0.126. The van der Waals surface area contributed by atoms with Gasteiger partial charge < -0.3 is 0 Å². The summed E-state index contributed by atoms with van der Waals surface area (Å²) in [7, 11) is -1.75. The Bertz CT molecular complexity index is 595. The fraction of sp³-hybridized carbons (Fsp3) is 0.571. The molecule has 6 heteroatoms. The summed E-state index contributed by atoms with van der Waals surface area (Å²) in [4.78, 5) is 0.336. The molecule has 1 fully saturated rings. The maximum Gasteiger partial charge on any atom is 0.244 e. The molecule has 0 aromatic heterocycles. The third-order valence-corrected chi connectivity index (χ3v) is 7.68. The summed E-state index contributed by atoms with van der Waals surface area (Å²) in [5.74, 6) is 0. The number of rotatable bonds is 3. The van der Waals surface area contributed by atoms with Crippen molar-refractivity contribution >= 4 is 41.9 Å². The van der Waals surface area contributed by atoms with Gasteiger partial charge in [0.15, 0.2) is 0 Å². The van der Waals surface area contributed by atoms with E-state index in [4.69, 9.17) is 0 Å². The second-order valence-electron chi connectivity index (χ2n) is 5.34. The zero-order valence-corrected chi connectivity index (χ0v) is 15.7. The molecule has 2 rings (SSSR count). The fourth-order valence-electron chi connectivity index (χ4n) is 2.62. The van der Waals surface area contributed by atoms with Crippen LogP contribution in [0.25, 0.3) is 0 Å². The van der Waals surface area contributed by atoms with Crippen LogP contribution in [-0.4, -0.2) is 25.8 Å². The minimum atomic E-state index is -3.45. The van der Waals surface area contributed by atoms with Gasteiger partial charge in [-0.3, -0.25) is 0 Å². The van der Waals surface area contributed by atoms with Gasteiger partial charge in [0.25, 0.3) is 0 Å². The number of hydrogen-bond donors (Lipinski definition) is 0. The van der Waals surface area contributed by atoms with Crippen LogP contribution in [0.3, 0.4) is 0 Å². The smallest absolute Gasteiger partial charge is 0.207 e. The maximum absolute atomic E-state index is 12.8. The predicted octanol–water partition coefficient (Wildman–Crippen LogP) is 4.47. The molecule has 0 heterocycles. The summed E-state index contributed by atoms with van der Waals surface area (Å²) in [5.41, 5.74) is 1.01. The van der Waals surface area contributed by atoms with Crippen LogP contribution in [0, 0.1) is 6.92 Å². The number of benzene rings is 1. The number of nitrogens with zero attached hydrogens (tertiary/aromatic N) is 1. The first-order valence-electron chi connectivity index (χ1n) is 6.77. The first-order valence-corrected chi connectivity index (χ1v) is 9.80. The summed E-state index contributed by atoms with van der Waals surface area (Å²) in [5, 5.41) is 0. The molecule has 3 nitrogen and oxygen atoms in total. The van der Waals surface area contributed by atoms with Crippen molar-refractivity contribution < 1.29 is 8.42 Å². The van der Waals surface area contributed by atoms with Crippen molar-refractivity contribution in [1.29, 1.82) is 0 Å². The van der Waals surface area contributed by atoms with Crippen molar-refractivity contribution in [3.63, 3.8) is 0 Å². The third-order valence-electron chi connectivity index (χ3n) is 3.96. The first kappa shape index (κ1) is 16.5. The topological polar surface area (TPSA) is 37.4 Å². The quantitative estimate of drug-likeness (QED) is 0.717. The Kier molecular flexibility index (Phi) is 5.32. The molecule has 0 aliphatic heterocycles. The van der Waals surface area contributed by atoms with E-state index in [-0.39, 0.29) is 6.04 Å². The molecule has 1 aliphatic rings. The van der Waals surface area contributed by atoms with Crippen LogP contribution in [0.4, 0.5) is 0 Å². The summed E-state index contributed by atoms with van der Waals surface area (Å²) >= 11 is 6.80. The second-order valence-corrected chi connectivity index (χ2v) is 9.02. The summed E-state index contributed by atoms with van der Waals surface area (Å²) in [6.45, 7) is 1.94. The molecule has 0 amide bonds. The Morgan fingerprint density at radius 1 is 1.10 bits per heavy atom. The number of halogens is 2. The molecule has 1 aliphatic carbocycles. The van der Waals surface area contributed by atoms with Crippen LogP contribution in [0.15, 0.2) is 26.0 Å². The van der Waals surface area contributed by atoms with E-state index in [1.54, 1.807) is 17.4 Å². The van der Waals surface area contributed by atoms with Gasteiger partial charge in [0.1, 0.15) is 0 Å². The lowest BCUT2D eigenvalue weighted by Gasteiger charge is -2.30. The SMILES string of the molecule is Cc1cc(Br)c(S(=O)(=O)N(C)C2CCCCC2)cc1Br. The van der Waals surface area contributed by atoms with E-state index in [0.717, 1.165) is 35.7 Å². The zero-order valence-electron chi connectivity index (χ0n) is 11.7. The van der Waals surface area contributed by atoms with Crippen LogP contribution < -0.4 is 0 Å². The molecule has 1 saturated carbocycles. The Morgan fingerprint density at radius 3 is 2.30 bits per heavy atom. The van der Waals surface area contributed by atoms with E-state index in [2.05, 4.69) is 31.9 Å². The van der Waals surface area contributed by atoms with E-state index in [1.807, 2.05) is 13.0 Å². The van der Waals surface area contributed by atoms with Crippen LogP contribution in [0.5, 0.6) is 0 Å². The van der Waals surface area contributed by atoms with Crippen molar-refractivity contribution in [2.45, 2.75) is 50.0 Å². The molecule has 0 bridgehead atoms. The van der Waals surface area contributed by atoms with Gasteiger partial charge in [-0.05, 0) is 53.4 Å². The van der Waals surface area contributed by atoms with E-state index < -0.39 is 10.0 Å². The molecular weight excluding hydrogens is 406 g/mol. The molecule has 20 heavy (non-hydrogen) atoms. The van der Waals surface area contributed by atoms with Gasteiger partial charge in [0, 0.05) is 22.0 Å². The lowest BCUT2D eigenvalue weighted by molar-refractivity contribution is 0.285. The Labute approximate surface area is 138 Å². The first-order chi connectivity index (χ1) is 9.34. The van der Waals surface area contributed by atoms with Crippen LogP contribution >= 0.6 is 31.9 Å². The third kappa shape index (κ3) is 3.29. The number of sulfonamides is 1. The largest absolute Gasteiger partial charge is 0.244 e. The number of aryl methyl sites for hydroxylation is 1.